The molecule has 0 aliphatic carbocycles. The number of nitrogens with one attached hydrogen (secondary N) is 5. The third-order valence-electron chi connectivity index (χ3n) is 7.64. The van der Waals surface area contributed by atoms with E-state index in [4.69, 9.17) is 19.6 Å². The number of hydrogen-bond acceptors (Lipinski definition) is 13. The number of ether oxygens (including phenoxy) is 3. The van der Waals surface area contributed by atoms with E-state index >= 15 is 0 Å². The van der Waals surface area contributed by atoms with Crippen LogP contribution in [0.3, 0.4) is 0 Å². The molecule has 6 rings (SSSR count). The maximum Gasteiger partial charge on any atom is 0.413 e. The first-order valence-electron chi connectivity index (χ1n) is 16.6. The molecular weight excluding hydrogens is 733 g/mol. The van der Waals surface area contributed by atoms with E-state index in [2.05, 4.69) is 36.2 Å². The number of aromatic nitrogens is 3. The number of carbonyl (C=O) groups excluding carboxylic acids is 4. The van der Waals surface area contributed by atoms with E-state index in [1.807, 2.05) is 60.7 Å². The van der Waals surface area contributed by atoms with Crippen LogP contribution in [0.15, 0.2) is 83.7 Å². The molecule has 1 fully saturated rings. The summed E-state index contributed by atoms with van der Waals surface area (Å²) in [6.45, 7) is 5.75. The summed E-state index contributed by atoms with van der Waals surface area (Å²) in [4.78, 5) is 63.4. The molecule has 0 bridgehead atoms. The summed E-state index contributed by atoms with van der Waals surface area (Å²) in [6, 6.07) is 19.5. The summed E-state index contributed by atoms with van der Waals surface area (Å²) in [6.07, 6.45) is 0.847. The maximum absolute atomic E-state index is 13.1. The fourth-order valence-electron chi connectivity index (χ4n) is 4.97. The highest BCUT2D eigenvalue weighted by Crippen LogP contribution is 2.33. The van der Waals surface area contributed by atoms with Gasteiger partial charge in [0.25, 0.3) is 11.8 Å². The van der Waals surface area contributed by atoms with Gasteiger partial charge in [0.1, 0.15) is 52.7 Å². The lowest BCUT2D eigenvalue weighted by Gasteiger charge is -2.37. The van der Waals surface area contributed by atoms with Crippen molar-refractivity contribution < 1.29 is 33.4 Å². The molecular formula is C37H36N8O7S2. The zero-order valence-corrected chi connectivity index (χ0v) is 31.0. The molecule has 1 saturated heterocycles. The van der Waals surface area contributed by atoms with Gasteiger partial charge in [-0.05, 0) is 31.9 Å². The molecule has 3 aromatic heterocycles. The Kier molecular flexibility index (Phi) is 11.6. The topological polar surface area (TPSA) is 207 Å². The minimum absolute atomic E-state index is 0.00574. The quantitative estimate of drug-likeness (QED) is 0.0759. The number of nitrogens with zero attached hydrogens (tertiary/aromatic N) is 3. The van der Waals surface area contributed by atoms with Crippen molar-refractivity contribution in [2.45, 2.75) is 51.7 Å². The number of β-lactam (4-membered cyclic amide) rings is 1. The van der Waals surface area contributed by atoms with Crippen LogP contribution in [-0.4, -0.2) is 68.7 Å². The molecule has 0 radical (unpaired) electrons. The summed E-state index contributed by atoms with van der Waals surface area (Å²) >= 11 is 2.24. The Balaban J connectivity index is 1.04. The van der Waals surface area contributed by atoms with Crippen LogP contribution in [0, 0.1) is 5.41 Å². The molecule has 2 atom stereocenters. The molecule has 54 heavy (non-hydrogen) atoms. The van der Waals surface area contributed by atoms with Crippen LogP contribution in [0.25, 0.3) is 10.7 Å². The summed E-state index contributed by atoms with van der Waals surface area (Å²) in [5.74, 6) is -0.883. The van der Waals surface area contributed by atoms with E-state index in [9.17, 15) is 19.2 Å². The summed E-state index contributed by atoms with van der Waals surface area (Å²) in [7, 11) is 0. The Morgan fingerprint density at radius 3 is 2.19 bits per heavy atom. The number of rotatable bonds is 14. The van der Waals surface area contributed by atoms with Crippen molar-refractivity contribution in [3.63, 3.8) is 0 Å². The van der Waals surface area contributed by atoms with Gasteiger partial charge in [0.05, 0.1) is 12.2 Å². The number of thiazole rings is 2. The SMILES string of the molecule is CC(C)(C)OC(=O)Nc1nc(C(=N)C(=O)NC2C(=O)NC2CNC(=O)c2csc(-c3cc(OCc4ccccc4)c(OCc4ccccc4)cn3)n2)cs1. The van der Waals surface area contributed by atoms with Crippen molar-refractivity contribution in [1.82, 2.24) is 30.9 Å². The van der Waals surface area contributed by atoms with Crippen LogP contribution in [-0.2, 0) is 27.5 Å². The van der Waals surface area contributed by atoms with Crippen molar-refractivity contribution in [3.8, 4) is 22.2 Å². The minimum Gasteiger partial charge on any atom is -0.485 e. The highest BCUT2D eigenvalue weighted by atomic mass is 32.1. The van der Waals surface area contributed by atoms with Crippen molar-refractivity contribution in [2.24, 2.45) is 0 Å². The van der Waals surface area contributed by atoms with E-state index in [-0.39, 0.29) is 23.1 Å². The second kappa shape index (κ2) is 16.6. The molecule has 1 aliphatic heterocycles. The first-order chi connectivity index (χ1) is 25.9. The van der Waals surface area contributed by atoms with E-state index in [0.29, 0.717) is 35.4 Å². The highest BCUT2D eigenvalue weighted by Gasteiger charge is 2.41. The van der Waals surface area contributed by atoms with E-state index in [1.54, 1.807) is 38.4 Å². The molecule has 1 aliphatic rings. The fourth-order valence-corrected chi connectivity index (χ4v) is 6.42. The number of pyridine rings is 1. The molecule has 15 nitrogen and oxygen atoms in total. The third kappa shape index (κ3) is 9.81. The highest BCUT2D eigenvalue weighted by molar-refractivity contribution is 7.14. The Morgan fingerprint density at radius 1 is 0.889 bits per heavy atom. The average molecular weight is 769 g/mol. The van der Waals surface area contributed by atoms with Gasteiger partial charge in [-0.25, -0.2) is 19.7 Å². The number of amides is 4. The predicted molar refractivity (Wildman–Crippen MR) is 202 cm³/mol. The standard InChI is InChI=1S/C37H36N8O7S2/c1-37(2,3)52-36(49)45-35-43-25(19-54-35)29(38)32(47)44-30-24(41-33(30)48)15-40-31(46)26-20-53-34(42-26)23-14-27(50-17-21-10-6-4-7-11-21)28(16-39-23)51-18-22-12-8-5-9-13-22/h4-14,16,19-20,24,30,38H,15,17-18H2,1-3H3,(H,40,46)(H,41,48)(H,44,47)(H,43,45,49). The van der Waals surface area contributed by atoms with Crippen LogP contribution in [0.5, 0.6) is 11.5 Å². The molecule has 2 aromatic carbocycles. The first kappa shape index (κ1) is 37.6. The molecule has 2 unspecified atom stereocenters. The number of carbonyl (C=O) groups is 4. The predicted octanol–water partition coefficient (Wildman–Crippen LogP) is 4.95. The van der Waals surface area contributed by atoms with Gasteiger partial charge in [-0.1, -0.05) is 60.7 Å². The lowest BCUT2D eigenvalue weighted by Crippen LogP contribution is -2.72. The normalized spacial score (nSPS) is 14.9. The van der Waals surface area contributed by atoms with Crippen LogP contribution in [0.2, 0.25) is 0 Å². The lowest BCUT2D eigenvalue weighted by atomic mass is 9.98. The van der Waals surface area contributed by atoms with Crippen LogP contribution < -0.4 is 30.7 Å². The number of benzene rings is 2. The monoisotopic (exact) mass is 768 g/mol. The maximum atomic E-state index is 13.1. The Morgan fingerprint density at radius 2 is 1.54 bits per heavy atom. The Hall–Kier alpha value is -6.20. The molecule has 17 heteroatoms. The molecule has 5 aromatic rings. The minimum atomic E-state index is -0.997. The van der Waals surface area contributed by atoms with Gasteiger partial charge in [-0.2, -0.15) is 0 Å². The van der Waals surface area contributed by atoms with Crippen LogP contribution in [0.4, 0.5) is 9.93 Å². The van der Waals surface area contributed by atoms with Gasteiger partial charge in [0, 0.05) is 23.4 Å². The van der Waals surface area contributed by atoms with E-state index in [1.165, 1.54) is 16.7 Å². The second-order valence-electron chi connectivity index (χ2n) is 12.9. The average Bonchev–Trinajstić information content (AvgIpc) is 3.84. The van der Waals surface area contributed by atoms with Crippen molar-refractivity contribution >= 4 is 57.3 Å². The van der Waals surface area contributed by atoms with Gasteiger partial charge in [-0.15, -0.1) is 22.7 Å². The lowest BCUT2D eigenvalue weighted by molar-refractivity contribution is -0.134. The van der Waals surface area contributed by atoms with Crippen LogP contribution >= 0.6 is 22.7 Å². The molecule has 278 valence electrons. The van der Waals surface area contributed by atoms with Crippen molar-refractivity contribution in [1.29, 1.82) is 5.41 Å². The summed E-state index contributed by atoms with van der Waals surface area (Å²) in [5, 5.41) is 22.3. The van der Waals surface area contributed by atoms with E-state index < -0.39 is 47.2 Å². The molecule has 0 spiro atoms. The molecule has 4 amide bonds. The van der Waals surface area contributed by atoms with Gasteiger partial charge in [0.2, 0.25) is 5.91 Å². The van der Waals surface area contributed by atoms with Crippen molar-refractivity contribution in [3.05, 3.63) is 106 Å². The second-order valence-corrected chi connectivity index (χ2v) is 14.6. The largest absolute Gasteiger partial charge is 0.485 e. The zero-order valence-electron chi connectivity index (χ0n) is 29.4. The molecule has 4 heterocycles. The Labute approximate surface area is 318 Å². The first-order valence-corrected chi connectivity index (χ1v) is 18.4. The third-order valence-corrected chi connectivity index (χ3v) is 9.26. The van der Waals surface area contributed by atoms with Gasteiger partial charge < -0.3 is 30.2 Å². The Bertz CT molecular complexity index is 2150. The van der Waals surface area contributed by atoms with Crippen molar-refractivity contribution in [2.75, 3.05) is 11.9 Å². The number of anilines is 1. The van der Waals surface area contributed by atoms with Gasteiger partial charge in [-0.3, -0.25) is 25.1 Å². The fraction of sp³-hybridized carbons (Fsp3) is 0.243. The summed E-state index contributed by atoms with van der Waals surface area (Å²) < 4.78 is 17.4. The summed E-state index contributed by atoms with van der Waals surface area (Å²) in [5.41, 5.74) is 1.38. The number of hydrogen-bond donors (Lipinski definition) is 5. The van der Waals surface area contributed by atoms with E-state index in [0.717, 1.165) is 22.5 Å². The van der Waals surface area contributed by atoms with Gasteiger partial charge >= 0.3 is 6.09 Å². The van der Waals surface area contributed by atoms with Crippen LogP contribution in [0.1, 0.15) is 48.1 Å². The molecule has 0 saturated carbocycles. The smallest absolute Gasteiger partial charge is 0.413 e. The zero-order chi connectivity index (χ0) is 38.2. The van der Waals surface area contributed by atoms with Gasteiger partial charge in [0.15, 0.2) is 16.6 Å². The molecule has 5 N–H and O–H groups in total.